The van der Waals surface area contributed by atoms with E-state index in [1.165, 1.54) is 0 Å². The Morgan fingerprint density at radius 3 is 2.58 bits per heavy atom. The third-order valence-corrected chi connectivity index (χ3v) is 4.16. The maximum atomic E-state index is 5.87. The first-order valence-electron chi connectivity index (χ1n) is 7.54. The van der Waals surface area contributed by atoms with E-state index in [1.807, 2.05) is 50.2 Å². The zero-order chi connectivity index (χ0) is 17.5. The summed E-state index contributed by atoms with van der Waals surface area (Å²) in [7, 11) is 1.64. The van der Waals surface area contributed by atoms with Gasteiger partial charge in [-0.05, 0) is 71.8 Å². The molecule has 0 fully saturated rings. The second kappa shape index (κ2) is 9.13. The molecule has 0 unspecified atom stereocenters. The summed E-state index contributed by atoms with van der Waals surface area (Å²) < 4.78 is 12.2. The Bertz CT molecular complexity index is 703. The second-order valence-corrected chi connectivity index (χ2v) is 7.02. The van der Waals surface area contributed by atoms with Crippen molar-refractivity contribution in [3.05, 3.63) is 56.1 Å². The molecule has 128 valence electrons. The lowest BCUT2D eigenvalue weighted by Gasteiger charge is -2.15. The number of rotatable bonds is 7. The average molecular weight is 459 g/mol. The number of halogens is 2. The van der Waals surface area contributed by atoms with E-state index in [1.54, 1.807) is 13.3 Å². The van der Waals surface area contributed by atoms with Gasteiger partial charge in [-0.15, -0.1) is 0 Å². The first-order valence-corrected chi connectivity index (χ1v) is 9.00. The standard InChI is InChI=1S/C18H20ClIN2O2/c1-12(2)24-18-16(20)8-14(9-17(18)23-3)11-22-21-10-13-4-6-15(19)7-5-13/h4-9,11-12,21H,10H2,1-3H3/b22-11-. The van der Waals surface area contributed by atoms with Gasteiger partial charge in [0.1, 0.15) is 0 Å². The summed E-state index contributed by atoms with van der Waals surface area (Å²) in [6, 6.07) is 11.6. The van der Waals surface area contributed by atoms with Gasteiger partial charge in [-0.3, -0.25) is 0 Å². The van der Waals surface area contributed by atoms with E-state index in [2.05, 4.69) is 33.1 Å². The number of nitrogens with zero attached hydrogens (tertiary/aromatic N) is 1. The van der Waals surface area contributed by atoms with Crippen molar-refractivity contribution in [2.24, 2.45) is 5.10 Å². The Morgan fingerprint density at radius 1 is 1.25 bits per heavy atom. The highest BCUT2D eigenvalue weighted by molar-refractivity contribution is 14.1. The van der Waals surface area contributed by atoms with Gasteiger partial charge in [-0.1, -0.05) is 23.7 Å². The highest BCUT2D eigenvalue weighted by Crippen LogP contribution is 2.34. The number of nitrogens with one attached hydrogen (secondary N) is 1. The van der Waals surface area contributed by atoms with Crippen LogP contribution in [0.5, 0.6) is 11.5 Å². The summed E-state index contributed by atoms with van der Waals surface area (Å²) in [6.45, 7) is 4.62. The summed E-state index contributed by atoms with van der Waals surface area (Å²) in [5.74, 6) is 1.47. The van der Waals surface area contributed by atoms with Crippen molar-refractivity contribution >= 4 is 40.4 Å². The molecule has 0 aliphatic carbocycles. The molecule has 0 spiro atoms. The van der Waals surface area contributed by atoms with E-state index >= 15 is 0 Å². The first-order chi connectivity index (χ1) is 11.5. The molecule has 0 aliphatic rings. The molecular weight excluding hydrogens is 439 g/mol. The molecule has 0 radical (unpaired) electrons. The van der Waals surface area contributed by atoms with Gasteiger partial charge in [0.25, 0.3) is 0 Å². The van der Waals surface area contributed by atoms with E-state index in [9.17, 15) is 0 Å². The smallest absolute Gasteiger partial charge is 0.174 e. The van der Waals surface area contributed by atoms with Crippen molar-refractivity contribution in [1.82, 2.24) is 5.43 Å². The Balaban J connectivity index is 2.03. The third-order valence-electron chi connectivity index (χ3n) is 3.11. The molecule has 2 aromatic rings. The predicted octanol–water partition coefficient (Wildman–Crippen LogP) is 4.86. The van der Waals surface area contributed by atoms with Gasteiger partial charge in [-0.25, -0.2) is 0 Å². The topological polar surface area (TPSA) is 42.8 Å². The summed E-state index contributed by atoms with van der Waals surface area (Å²) in [5, 5.41) is 4.99. The van der Waals surface area contributed by atoms with E-state index in [0.29, 0.717) is 12.3 Å². The van der Waals surface area contributed by atoms with Gasteiger partial charge in [-0.2, -0.15) is 5.10 Å². The second-order valence-electron chi connectivity index (χ2n) is 5.42. The summed E-state index contributed by atoms with van der Waals surface area (Å²) in [5.41, 5.74) is 5.08. The molecule has 0 atom stereocenters. The molecule has 0 aromatic heterocycles. The fraction of sp³-hybridized carbons (Fsp3) is 0.278. The molecule has 0 aliphatic heterocycles. The van der Waals surface area contributed by atoms with Crippen LogP contribution in [0.1, 0.15) is 25.0 Å². The highest BCUT2D eigenvalue weighted by Gasteiger charge is 2.12. The lowest BCUT2D eigenvalue weighted by atomic mass is 10.2. The van der Waals surface area contributed by atoms with Crippen LogP contribution < -0.4 is 14.9 Å². The Morgan fingerprint density at radius 2 is 1.96 bits per heavy atom. The molecule has 4 nitrogen and oxygen atoms in total. The van der Waals surface area contributed by atoms with Crippen molar-refractivity contribution in [2.45, 2.75) is 26.5 Å². The van der Waals surface area contributed by atoms with E-state index < -0.39 is 0 Å². The number of hydrogen-bond donors (Lipinski definition) is 1. The minimum atomic E-state index is 0.0907. The minimum Gasteiger partial charge on any atom is -0.493 e. The van der Waals surface area contributed by atoms with Gasteiger partial charge in [0, 0.05) is 5.02 Å². The highest BCUT2D eigenvalue weighted by atomic mass is 127. The van der Waals surface area contributed by atoms with E-state index in [4.69, 9.17) is 21.1 Å². The number of methoxy groups -OCH3 is 1. The monoisotopic (exact) mass is 458 g/mol. The number of hydrazone groups is 1. The predicted molar refractivity (Wildman–Crippen MR) is 107 cm³/mol. The maximum absolute atomic E-state index is 5.87. The van der Waals surface area contributed by atoms with Crippen LogP contribution in [-0.2, 0) is 6.54 Å². The average Bonchev–Trinajstić information content (AvgIpc) is 2.55. The number of benzene rings is 2. The minimum absolute atomic E-state index is 0.0907. The Hall–Kier alpha value is -1.47. The Kier molecular flexibility index (Phi) is 7.17. The van der Waals surface area contributed by atoms with Crippen molar-refractivity contribution in [3.8, 4) is 11.5 Å². The van der Waals surface area contributed by atoms with Crippen molar-refractivity contribution in [3.63, 3.8) is 0 Å². The van der Waals surface area contributed by atoms with Gasteiger partial charge >= 0.3 is 0 Å². The van der Waals surface area contributed by atoms with Crippen molar-refractivity contribution < 1.29 is 9.47 Å². The van der Waals surface area contributed by atoms with Gasteiger partial charge in [0.05, 0.1) is 29.5 Å². The number of ether oxygens (including phenoxy) is 2. The zero-order valence-corrected chi connectivity index (χ0v) is 16.8. The van der Waals surface area contributed by atoms with Crippen LogP contribution in [0.2, 0.25) is 5.02 Å². The lowest BCUT2D eigenvalue weighted by Crippen LogP contribution is -2.09. The Labute approximate surface area is 161 Å². The quantitative estimate of drug-likeness (QED) is 0.366. The SMILES string of the molecule is COc1cc(/C=N\NCc2ccc(Cl)cc2)cc(I)c1OC(C)C. The third kappa shape index (κ3) is 5.56. The molecule has 0 saturated heterocycles. The van der Waals surface area contributed by atoms with Crippen LogP contribution in [0.25, 0.3) is 0 Å². The van der Waals surface area contributed by atoms with Crippen LogP contribution in [0, 0.1) is 3.57 Å². The molecule has 1 N–H and O–H groups in total. The first kappa shape index (κ1) is 18.9. The van der Waals surface area contributed by atoms with Gasteiger partial charge in [0.15, 0.2) is 11.5 Å². The maximum Gasteiger partial charge on any atom is 0.174 e. The van der Waals surface area contributed by atoms with Crippen LogP contribution in [-0.4, -0.2) is 19.4 Å². The fourth-order valence-electron chi connectivity index (χ4n) is 2.02. The summed E-state index contributed by atoms with van der Waals surface area (Å²) in [6.07, 6.45) is 1.85. The summed E-state index contributed by atoms with van der Waals surface area (Å²) in [4.78, 5) is 0. The van der Waals surface area contributed by atoms with Crippen molar-refractivity contribution in [2.75, 3.05) is 7.11 Å². The molecule has 2 rings (SSSR count). The zero-order valence-electron chi connectivity index (χ0n) is 13.8. The van der Waals surface area contributed by atoms with Crippen LogP contribution in [0.15, 0.2) is 41.5 Å². The van der Waals surface area contributed by atoms with Crippen LogP contribution in [0.3, 0.4) is 0 Å². The largest absolute Gasteiger partial charge is 0.493 e. The molecule has 6 heteroatoms. The van der Waals surface area contributed by atoms with Crippen LogP contribution >= 0.6 is 34.2 Å². The molecular formula is C18H20ClIN2O2. The van der Waals surface area contributed by atoms with E-state index in [-0.39, 0.29) is 6.10 Å². The van der Waals surface area contributed by atoms with Crippen molar-refractivity contribution in [1.29, 1.82) is 0 Å². The molecule has 24 heavy (non-hydrogen) atoms. The molecule has 0 heterocycles. The molecule has 0 bridgehead atoms. The van der Waals surface area contributed by atoms with Crippen LogP contribution in [0.4, 0.5) is 0 Å². The molecule has 0 amide bonds. The van der Waals surface area contributed by atoms with Gasteiger partial charge < -0.3 is 14.9 Å². The van der Waals surface area contributed by atoms with Gasteiger partial charge in [0.2, 0.25) is 0 Å². The lowest BCUT2D eigenvalue weighted by molar-refractivity contribution is 0.228. The molecule has 0 saturated carbocycles. The molecule has 2 aromatic carbocycles. The summed E-state index contributed by atoms with van der Waals surface area (Å²) >= 11 is 8.11. The fourth-order valence-corrected chi connectivity index (χ4v) is 2.90. The normalized spacial score (nSPS) is 11.1. The number of hydrogen-bond acceptors (Lipinski definition) is 4. The van der Waals surface area contributed by atoms with E-state index in [0.717, 1.165) is 25.5 Å².